The zero-order valence-corrected chi connectivity index (χ0v) is 17.7. The molecule has 6 N–H and O–H groups in total. The molecule has 4 heterocycles. The minimum atomic E-state index is -1.08. The zero-order valence-electron chi connectivity index (χ0n) is 17.7. The number of nitrogens with zero attached hydrogens (tertiary/aromatic N) is 4. The molecular weight excluding hydrogens is 446 g/mol. The molecule has 4 rings (SSSR count). The van der Waals surface area contributed by atoms with E-state index in [-0.39, 0.29) is 16.7 Å². The molecule has 0 atom stereocenters. The number of hydrogen-bond acceptors (Lipinski definition) is 9. The number of rotatable bonds is 6. The fourth-order valence-electron chi connectivity index (χ4n) is 2.69. The fourth-order valence-corrected chi connectivity index (χ4v) is 2.69. The number of ether oxygens (including phenoxy) is 1. The van der Waals surface area contributed by atoms with Crippen molar-refractivity contribution in [1.29, 1.82) is 0 Å². The van der Waals surface area contributed by atoms with E-state index in [1.165, 1.54) is 48.5 Å². The highest BCUT2D eigenvalue weighted by molar-refractivity contribution is 5.87. The van der Waals surface area contributed by atoms with Crippen molar-refractivity contribution in [3.05, 3.63) is 82.7 Å². The van der Waals surface area contributed by atoms with E-state index in [2.05, 4.69) is 25.5 Å². The van der Waals surface area contributed by atoms with Crippen molar-refractivity contribution in [2.75, 3.05) is 12.5 Å². The summed E-state index contributed by atoms with van der Waals surface area (Å²) in [4.78, 5) is 45.3. The highest BCUT2D eigenvalue weighted by atomic mass is 16.5. The number of carboxylic acid groups (broad SMARTS) is 2. The van der Waals surface area contributed by atoms with Crippen molar-refractivity contribution in [3.8, 4) is 22.8 Å². The highest BCUT2D eigenvalue weighted by Gasteiger charge is 2.12. The van der Waals surface area contributed by atoms with Crippen LogP contribution in [0, 0.1) is 0 Å². The van der Waals surface area contributed by atoms with E-state index in [0.717, 1.165) is 0 Å². The van der Waals surface area contributed by atoms with Crippen LogP contribution in [0.1, 0.15) is 20.7 Å². The van der Waals surface area contributed by atoms with Crippen molar-refractivity contribution >= 4 is 17.8 Å². The summed E-state index contributed by atoms with van der Waals surface area (Å²) in [5, 5.41) is 20.1. The van der Waals surface area contributed by atoms with Gasteiger partial charge in [0.05, 0.1) is 23.8 Å². The highest BCUT2D eigenvalue weighted by Crippen LogP contribution is 2.19. The maximum Gasteiger partial charge on any atom is 0.337 e. The molecule has 4 aromatic heterocycles. The van der Waals surface area contributed by atoms with Crippen LogP contribution < -0.4 is 21.6 Å². The summed E-state index contributed by atoms with van der Waals surface area (Å²) in [5.74, 6) is 4.08. The summed E-state index contributed by atoms with van der Waals surface area (Å²) in [5.41, 5.74) is 3.25. The largest absolute Gasteiger partial charge is 0.481 e. The van der Waals surface area contributed by atoms with Gasteiger partial charge in [0.15, 0.2) is 5.82 Å². The number of H-pyrrole nitrogens is 1. The van der Waals surface area contributed by atoms with Gasteiger partial charge in [0, 0.05) is 30.9 Å². The molecule has 13 heteroatoms. The van der Waals surface area contributed by atoms with Gasteiger partial charge in [-0.25, -0.2) is 35.1 Å². The van der Waals surface area contributed by atoms with Gasteiger partial charge in [0.1, 0.15) is 5.82 Å². The molecule has 0 aliphatic carbocycles. The van der Waals surface area contributed by atoms with E-state index in [1.807, 2.05) is 0 Å². The van der Waals surface area contributed by atoms with Crippen molar-refractivity contribution in [1.82, 2.24) is 24.7 Å². The van der Waals surface area contributed by atoms with Crippen molar-refractivity contribution in [2.45, 2.75) is 0 Å². The van der Waals surface area contributed by atoms with Gasteiger partial charge in [0.25, 0.3) is 5.56 Å². The molecule has 34 heavy (non-hydrogen) atoms. The van der Waals surface area contributed by atoms with Gasteiger partial charge < -0.3 is 20.4 Å². The van der Waals surface area contributed by atoms with Crippen LogP contribution in [-0.4, -0.2) is 54.0 Å². The Balaban J connectivity index is 0.000000248. The second-order valence-corrected chi connectivity index (χ2v) is 6.51. The molecule has 13 nitrogen and oxygen atoms in total. The fraction of sp³-hybridized carbons (Fsp3) is 0.0476. The van der Waals surface area contributed by atoms with Crippen molar-refractivity contribution in [2.24, 2.45) is 5.84 Å². The first-order chi connectivity index (χ1) is 16.3. The lowest BCUT2D eigenvalue weighted by atomic mass is 10.1. The van der Waals surface area contributed by atoms with Gasteiger partial charge in [-0.15, -0.1) is 0 Å². The minimum absolute atomic E-state index is 0.0486. The zero-order chi connectivity index (χ0) is 24.7. The average molecular weight is 465 g/mol. The summed E-state index contributed by atoms with van der Waals surface area (Å²) in [6.07, 6.45) is 5.52. The lowest BCUT2D eigenvalue weighted by Crippen LogP contribution is -2.17. The van der Waals surface area contributed by atoms with Crippen LogP contribution in [0.2, 0.25) is 0 Å². The van der Waals surface area contributed by atoms with Gasteiger partial charge in [-0.3, -0.25) is 9.89 Å². The van der Waals surface area contributed by atoms with Crippen LogP contribution >= 0.6 is 0 Å². The number of pyridine rings is 3. The van der Waals surface area contributed by atoms with Crippen LogP contribution in [0.15, 0.2) is 66.0 Å². The molecule has 0 amide bonds. The average Bonchev–Trinajstić information content (AvgIpc) is 3.25. The molecule has 0 saturated heterocycles. The number of aromatic amines is 1. The van der Waals surface area contributed by atoms with Crippen molar-refractivity contribution < 1.29 is 24.5 Å². The molecule has 0 aliphatic rings. The second-order valence-electron chi connectivity index (χ2n) is 6.51. The van der Waals surface area contributed by atoms with Gasteiger partial charge in [-0.05, 0) is 35.9 Å². The number of aromatic nitrogens is 5. The first-order valence-corrected chi connectivity index (χ1v) is 9.50. The molecule has 174 valence electrons. The topological polar surface area (TPSA) is 198 Å². The third-order valence-corrected chi connectivity index (χ3v) is 4.41. The molecule has 0 unspecified atom stereocenters. The van der Waals surface area contributed by atoms with E-state index in [1.54, 1.807) is 24.5 Å². The number of aromatic carboxylic acids is 2. The van der Waals surface area contributed by atoms with Crippen LogP contribution in [0.3, 0.4) is 0 Å². The SMILES string of the molecule is COc1cc(-c2c[nH]n(-c3ccc(C(=O)O)cn3)c2=O)ccn1.NNc1ccc(C(=O)O)cn1. The monoisotopic (exact) mass is 465 g/mol. The van der Waals surface area contributed by atoms with E-state index in [0.29, 0.717) is 28.6 Å². The lowest BCUT2D eigenvalue weighted by molar-refractivity contribution is 0.0685. The van der Waals surface area contributed by atoms with Gasteiger partial charge >= 0.3 is 11.9 Å². The quantitative estimate of drug-likeness (QED) is 0.204. The molecule has 0 aromatic carbocycles. The molecule has 0 radical (unpaired) electrons. The number of nitrogen functional groups attached to an aromatic ring is 1. The van der Waals surface area contributed by atoms with Crippen molar-refractivity contribution in [3.63, 3.8) is 0 Å². The number of nitrogens with two attached hydrogens (primary N) is 1. The van der Waals surface area contributed by atoms with Crippen LogP contribution in [0.25, 0.3) is 16.9 Å². The smallest absolute Gasteiger partial charge is 0.337 e. The first kappa shape index (κ1) is 23.6. The number of anilines is 1. The number of carboxylic acids is 2. The van der Waals surface area contributed by atoms with Crippen LogP contribution in [0.5, 0.6) is 5.88 Å². The minimum Gasteiger partial charge on any atom is -0.481 e. The number of hydrogen-bond donors (Lipinski definition) is 5. The third kappa shape index (κ3) is 5.41. The van der Waals surface area contributed by atoms with Gasteiger partial charge in [0.2, 0.25) is 5.88 Å². The Labute approximate surface area is 191 Å². The number of nitrogens with one attached hydrogen (secondary N) is 2. The maximum absolute atomic E-state index is 12.5. The molecular formula is C21H19N7O6. The van der Waals surface area contributed by atoms with Gasteiger partial charge in [-0.1, -0.05) is 0 Å². The molecule has 0 aliphatic heterocycles. The summed E-state index contributed by atoms with van der Waals surface area (Å²) in [6, 6.07) is 9.09. The van der Waals surface area contributed by atoms with Gasteiger partial charge in [-0.2, -0.15) is 0 Å². The Morgan fingerprint density at radius 2 is 1.71 bits per heavy atom. The van der Waals surface area contributed by atoms with E-state index < -0.39 is 11.9 Å². The van der Waals surface area contributed by atoms with E-state index in [9.17, 15) is 14.4 Å². The first-order valence-electron chi connectivity index (χ1n) is 9.50. The summed E-state index contributed by atoms with van der Waals surface area (Å²) in [7, 11) is 1.50. The van der Waals surface area contributed by atoms with Crippen LogP contribution in [-0.2, 0) is 0 Å². The summed E-state index contributed by atoms with van der Waals surface area (Å²) in [6.45, 7) is 0. The molecule has 0 fully saturated rings. The Morgan fingerprint density at radius 3 is 2.24 bits per heavy atom. The molecule has 4 aromatic rings. The van der Waals surface area contributed by atoms with E-state index in [4.69, 9.17) is 20.8 Å². The third-order valence-electron chi connectivity index (χ3n) is 4.41. The maximum atomic E-state index is 12.5. The Morgan fingerprint density at radius 1 is 1.03 bits per heavy atom. The Bertz CT molecular complexity index is 1350. The standard InChI is InChI=1S/C15H12N4O4.C6H7N3O2/c1-23-13-6-9(4-5-16-13)11-8-18-19(14(11)20)12-3-2-10(7-17-12)15(21)22;7-9-5-2-1-4(3-8-5)6(10)11/h2-8,18H,1H3,(H,21,22);1-3H,7H2,(H,8,9)(H,10,11). The summed E-state index contributed by atoms with van der Waals surface area (Å²) < 4.78 is 6.28. The normalized spacial score (nSPS) is 10.1. The number of hydrazine groups is 1. The van der Waals surface area contributed by atoms with E-state index >= 15 is 0 Å². The molecule has 0 spiro atoms. The lowest BCUT2D eigenvalue weighted by Gasteiger charge is -2.01. The summed E-state index contributed by atoms with van der Waals surface area (Å²) >= 11 is 0. The predicted octanol–water partition coefficient (Wildman–Crippen LogP) is 1.39. The number of methoxy groups -OCH3 is 1. The number of carbonyl (C=O) groups is 2. The Hall–Kier alpha value is -5.04. The molecule has 0 saturated carbocycles. The Kier molecular flexibility index (Phi) is 7.31. The predicted molar refractivity (Wildman–Crippen MR) is 120 cm³/mol. The van der Waals surface area contributed by atoms with Crippen LogP contribution in [0.4, 0.5) is 5.82 Å². The second kappa shape index (κ2) is 10.5. The molecule has 0 bridgehead atoms.